The third-order valence-corrected chi connectivity index (χ3v) is 6.44. The van der Waals surface area contributed by atoms with Crippen LogP contribution >= 0.6 is 0 Å². The standard InChI is InChI=1S/C27H27F2N/c1-2-3-4-5-6-24-26(28)16-25-22-13-11-20(19-9-7-18(17-30)8-10-19)15-21(22)12-14-23(25)27(24)29/h7-15,24,26-27H,2-6,16H2,1H3. The van der Waals surface area contributed by atoms with Crippen LogP contribution in [0.5, 0.6) is 0 Å². The lowest BCUT2D eigenvalue weighted by Crippen LogP contribution is -2.29. The Morgan fingerprint density at radius 2 is 1.70 bits per heavy atom. The average Bonchev–Trinajstić information content (AvgIpc) is 2.78. The molecule has 0 amide bonds. The van der Waals surface area contributed by atoms with Gasteiger partial charge in [0.05, 0.1) is 11.6 Å². The van der Waals surface area contributed by atoms with Gasteiger partial charge in [-0.25, -0.2) is 8.78 Å². The van der Waals surface area contributed by atoms with Crippen molar-refractivity contribution in [1.29, 1.82) is 5.26 Å². The molecule has 1 nitrogen and oxygen atoms in total. The zero-order chi connectivity index (χ0) is 21.1. The average molecular weight is 404 g/mol. The predicted octanol–water partition coefficient (Wildman–Crippen LogP) is 7.87. The van der Waals surface area contributed by atoms with Gasteiger partial charge in [-0.1, -0.05) is 69.0 Å². The lowest BCUT2D eigenvalue weighted by molar-refractivity contribution is 0.101. The van der Waals surface area contributed by atoms with Crippen molar-refractivity contribution in [3.63, 3.8) is 0 Å². The molecule has 0 spiro atoms. The second-order valence-corrected chi connectivity index (χ2v) is 8.39. The minimum absolute atomic E-state index is 0.293. The molecular formula is C27H27F2N. The highest BCUT2D eigenvalue weighted by atomic mass is 19.1. The SMILES string of the molecule is CCCCCCC1C(F)Cc2c(ccc3cc(-c4ccc(C#N)cc4)ccc23)C1F. The monoisotopic (exact) mass is 403 g/mol. The van der Waals surface area contributed by atoms with Crippen molar-refractivity contribution in [2.75, 3.05) is 0 Å². The number of alkyl halides is 2. The fraction of sp³-hybridized carbons (Fsp3) is 0.370. The van der Waals surface area contributed by atoms with Gasteiger partial charge >= 0.3 is 0 Å². The van der Waals surface area contributed by atoms with Crippen molar-refractivity contribution >= 4 is 10.8 Å². The Morgan fingerprint density at radius 1 is 0.933 bits per heavy atom. The summed E-state index contributed by atoms with van der Waals surface area (Å²) in [6, 6.07) is 19.5. The van der Waals surface area contributed by atoms with Gasteiger partial charge < -0.3 is 0 Å². The molecular weight excluding hydrogens is 376 g/mol. The van der Waals surface area contributed by atoms with Gasteiger partial charge in [0.1, 0.15) is 12.3 Å². The number of hydrogen-bond donors (Lipinski definition) is 0. The second-order valence-electron chi connectivity index (χ2n) is 8.39. The molecule has 0 fully saturated rings. The molecule has 1 aliphatic rings. The molecule has 3 heteroatoms. The molecule has 0 aromatic heterocycles. The molecule has 3 aromatic rings. The molecule has 1 aliphatic carbocycles. The number of hydrogen-bond acceptors (Lipinski definition) is 1. The summed E-state index contributed by atoms with van der Waals surface area (Å²) < 4.78 is 30.2. The summed E-state index contributed by atoms with van der Waals surface area (Å²) in [5.74, 6) is -0.523. The predicted molar refractivity (Wildman–Crippen MR) is 119 cm³/mol. The van der Waals surface area contributed by atoms with Crippen LogP contribution in [0.2, 0.25) is 0 Å². The Balaban J connectivity index is 1.63. The summed E-state index contributed by atoms with van der Waals surface area (Å²) in [5, 5.41) is 10.9. The topological polar surface area (TPSA) is 23.8 Å². The van der Waals surface area contributed by atoms with E-state index in [0.29, 0.717) is 24.0 Å². The number of rotatable bonds is 6. The van der Waals surface area contributed by atoms with E-state index in [1.807, 2.05) is 36.4 Å². The molecule has 154 valence electrons. The summed E-state index contributed by atoms with van der Waals surface area (Å²) in [7, 11) is 0. The van der Waals surface area contributed by atoms with E-state index in [2.05, 4.69) is 19.1 Å². The highest BCUT2D eigenvalue weighted by Crippen LogP contribution is 2.44. The van der Waals surface area contributed by atoms with Gasteiger partial charge in [-0.2, -0.15) is 5.26 Å². The van der Waals surface area contributed by atoms with E-state index in [1.54, 1.807) is 12.1 Å². The first-order valence-electron chi connectivity index (χ1n) is 11.0. The van der Waals surface area contributed by atoms with Crippen molar-refractivity contribution in [2.24, 2.45) is 5.92 Å². The molecule has 0 saturated heterocycles. The number of nitrogens with zero attached hydrogens (tertiary/aromatic N) is 1. The summed E-state index contributed by atoms with van der Waals surface area (Å²) in [4.78, 5) is 0. The van der Waals surface area contributed by atoms with Crippen LogP contribution in [0, 0.1) is 17.2 Å². The van der Waals surface area contributed by atoms with E-state index in [1.165, 1.54) is 0 Å². The van der Waals surface area contributed by atoms with Gasteiger partial charge in [-0.3, -0.25) is 0 Å². The van der Waals surface area contributed by atoms with Gasteiger partial charge in [0.2, 0.25) is 0 Å². The van der Waals surface area contributed by atoms with Gasteiger partial charge in [0.15, 0.2) is 0 Å². The highest BCUT2D eigenvalue weighted by molar-refractivity contribution is 5.91. The van der Waals surface area contributed by atoms with E-state index >= 15 is 4.39 Å². The Kier molecular flexibility index (Phi) is 6.13. The first kappa shape index (κ1) is 20.5. The van der Waals surface area contributed by atoms with Gasteiger partial charge in [0, 0.05) is 12.3 Å². The van der Waals surface area contributed by atoms with E-state index < -0.39 is 18.3 Å². The van der Waals surface area contributed by atoms with Crippen LogP contribution in [-0.4, -0.2) is 6.17 Å². The smallest absolute Gasteiger partial charge is 0.131 e. The van der Waals surface area contributed by atoms with Crippen molar-refractivity contribution < 1.29 is 8.78 Å². The maximum Gasteiger partial charge on any atom is 0.131 e. The summed E-state index contributed by atoms with van der Waals surface area (Å²) in [6.07, 6.45) is 2.77. The normalized spacial score (nSPS) is 20.7. The van der Waals surface area contributed by atoms with Crippen LogP contribution in [0.1, 0.15) is 61.9 Å². The number of unbranched alkanes of at least 4 members (excludes halogenated alkanes) is 3. The number of nitriles is 1. The molecule has 3 aromatic carbocycles. The third-order valence-electron chi connectivity index (χ3n) is 6.44. The minimum atomic E-state index is -1.23. The second kappa shape index (κ2) is 8.96. The molecule has 4 rings (SSSR count). The van der Waals surface area contributed by atoms with Crippen molar-refractivity contribution in [3.05, 3.63) is 71.3 Å². The Morgan fingerprint density at radius 3 is 2.43 bits per heavy atom. The van der Waals surface area contributed by atoms with Crippen LogP contribution in [0.4, 0.5) is 8.78 Å². The first-order chi connectivity index (χ1) is 14.6. The van der Waals surface area contributed by atoms with E-state index in [0.717, 1.165) is 53.1 Å². The van der Waals surface area contributed by atoms with Crippen LogP contribution < -0.4 is 0 Å². The minimum Gasteiger partial charge on any atom is -0.247 e. The Hall–Kier alpha value is -2.73. The number of fused-ring (bicyclic) bond motifs is 3. The number of halogens is 2. The Bertz CT molecular complexity index is 1060. The fourth-order valence-corrected chi connectivity index (χ4v) is 4.71. The first-order valence-corrected chi connectivity index (χ1v) is 11.0. The molecule has 30 heavy (non-hydrogen) atoms. The van der Waals surface area contributed by atoms with E-state index in [-0.39, 0.29) is 0 Å². The lowest BCUT2D eigenvalue weighted by atomic mass is 9.77. The molecule has 0 saturated carbocycles. The quantitative estimate of drug-likeness (QED) is 0.384. The third kappa shape index (κ3) is 3.97. The van der Waals surface area contributed by atoms with Gasteiger partial charge in [-0.05, 0) is 57.6 Å². The molecule has 3 atom stereocenters. The highest BCUT2D eigenvalue weighted by Gasteiger charge is 2.37. The van der Waals surface area contributed by atoms with E-state index in [9.17, 15) is 4.39 Å². The summed E-state index contributed by atoms with van der Waals surface area (Å²) in [6.45, 7) is 2.14. The summed E-state index contributed by atoms with van der Waals surface area (Å²) in [5.41, 5.74) is 4.17. The van der Waals surface area contributed by atoms with Gasteiger partial charge in [0.25, 0.3) is 0 Å². The maximum atomic E-state index is 15.3. The van der Waals surface area contributed by atoms with Crippen LogP contribution in [0.25, 0.3) is 21.9 Å². The zero-order valence-corrected chi connectivity index (χ0v) is 17.4. The molecule has 0 bridgehead atoms. The van der Waals surface area contributed by atoms with E-state index in [4.69, 9.17) is 5.26 Å². The zero-order valence-electron chi connectivity index (χ0n) is 17.4. The van der Waals surface area contributed by atoms with Crippen molar-refractivity contribution in [2.45, 2.75) is 57.8 Å². The maximum absolute atomic E-state index is 15.3. The van der Waals surface area contributed by atoms with Crippen molar-refractivity contribution in [1.82, 2.24) is 0 Å². The fourth-order valence-electron chi connectivity index (χ4n) is 4.71. The summed E-state index contributed by atoms with van der Waals surface area (Å²) >= 11 is 0. The van der Waals surface area contributed by atoms with Crippen LogP contribution in [0.3, 0.4) is 0 Å². The number of benzene rings is 3. The molecule has 0 aliphatic heterocycles. The Labute approximate surface area is 177 Å². The molecule has 0 heterocycles. The largest absolute Gasteiger partial charge is 0.247 e. The molecule has 0 N–H and O–H groups in total. The molecule has 3 unspecified atom stereocenters. The van der Waals surface area contributed by atoms with Crippen LogP contribution in [0.15, 0.2) is 54.6 Å². The van der Waals surface area contributed by atoms with Crippen molar-refractivity contribution in [3.8, 4) is 17.2 Å². The van der Waals surface area contributed by atoms with Crippen LogP contribution in [-0.2, 0) is 6.42 Å². The lowest BCUT2D eigenvalue weighted by Gasteiger charge is -2.32. The molecule has 0 radical (unpaired) electrons. The van der Waals surface area contributed by atoms with Gasteiger partial charge in [-0.15, -0.1) is 0 Å².